The molecule has 2 N–H and O–H groups in total. The summed E-state index contributed by atoms with van der Waals surface area (Å²) in [6.45, 7) is 2.16. The summed E-state index contributed by atoms with van der Waals surface area (Å²) >= 11 is 12.8. The van der Waals surface area contributed by atoms with Gasteiger partial charge in [-0.1, -0.05) is 108 Å². The molecule has 4 amide bonds. The Labute approximate surface area is 370 Å². The molecule has 6 atom stereocenters. The fourth-order valence-electron chi connectivity index (χ4n) is 11.2. The van der Waals surface area contributed by atoms with Gasteiger partial charge in [0.1, 0.15) is 5.75 Å². The number of pyridine rings is 1. The first-order chi connectivity index (χ1) is 30.3. The van der Waals surface area contributed by atoms with E-state index in [4.69, 9.17) is 23.2 Å². The van der Waals surface area contributed by atoms with Crippen LogP contribution in [0, 0.1) is 23.7 Å². The lowest BCUT2D eigenvalue weighted by Crippen LogP contribution is -2.53. The molecule has 10 rings (SSSR count). The van der Waals surface area contributed by atoms with Crippen molar-refractivity contribution in [1.82, 2.24) is 19.8 Å². The van der Waals surface area contributed by atoms with Crippen LogP contribution in [0.25, 0.3) is 10.8 Å². The summed E-state index contributed by atoms with van der Waals surface area (Å²) in [6.07, 6.45) is -0.897. The highest BCUT2D eigenvalue weighted by molar-refractivity contribution is 6.33. The summed E-state index contributed by atoms with van der Waals surface area (Å²) in [5.41, 5.74) is 2.31. The monoisotopic (exact) mass is 893 g/mol. The number of halogens is 5. The molecule has 4 aromatic carbocycles. The van der Waals surface area contributed by atoms with Gasteiger partial charge >= 0.3 is 6.18 Å². The van der Waals surface area contributed by atoms with Gasteiger partial charge in [0.05, 0.1) is 33.8 Å². The molecule has 5 aromatic rings. The zero-order chi connectivity index (χ0) is 43.9. The van der Waals surface area contributed by atoms with Crippen LogP contribution in [0.2, 0.25) is 10.0 Å². The normalized spacial score (nSPS) is 26.5. The van der Waals surface area contributed by atoms with Gasteiger partial charge in [0, 0.05) is 48.4 Å². The standard InChI is InChI=1S/C48H40Cl2F3N5O5/c49-30-13-11-28(12-14-30)47-36(44(61)58(46(47)63)55-42-37(50)22-29(24-54-42)48(51,52)53)23-35-33(41(47)40-32-9-5-4-8-27(32)10-17-38(40)59)15-16-34-39(35)45(62)57(43(34)60)31-18-20-56(21-19-31)25-26-6-2-1-3-7-26/h1-15,17,22,24,31,34-36,39,41,59H,16,18-21,23,25H2,(H,54,55)/t34-,35+,36-,39-,41+,47+/m0/s1. The Morgan fingerprint density at radius 1 is 0.841 bits per heavy atom. The van der Waals surface area contributed by atoms with E-state index in [2.05, 4.69) is 27.4 Å². The Hall–Kier alpha value is -5.76. The zero-order valence-electron chi connectivity index (χ0n) is 33.6. The fourth-order valence-corrected chi connectivity index (χ4v) is 11.6. The van der Waals surface area contributed by atoms with Gasteiger partial charge in [-0.05, 0) is 77.8 Å². The Kier molecular flexibility index (Phi) is 10.1. The lowest BCUT2D eigenvalue weighted by molar-refractivity contribution is -0.144. The van der Waals surface area contributed by atoms with Crippen LogP contribution in [0.5, 0.6) is 5.75 Å². The van der Waals surface area contributed by atoms with Crippen molar-refractivity contribution in [3.63, 3.8) is 0 Å². The Bertz CT molecular complexity index is 2730. The number of rotatable bonds is 7. The molecule has 15 heteroatoms. The number of nitrogens with one attached hydrogen (secondary N) is 1. The van der Waals surface area contributed by atoms with E-state index in [1.54, 1.807) is 36.4 Å². The molecule has 0 bridgehead atoms. The van der Waals surface area contributed by atoms with Gasteiger partial charge in [-0.3, -0.25) is 34.4 Å². The van der Waals surface area contributed by atoms with Crippen molar-refractivity contribution in [1.29, 1.82) is 0 Å². The smallest absolute Gasteiger partial charge is 0.417 e. The topological polar surface area (TPSA) is 123 Å². The minimum atomic E-state index is -4.76. The number of hydrazine groups is 1. The van der Waals surface area contributed by atoms with Gasteiger partial charge in [0.15, 0.2) is 5.82 Å². The highest BCUT2D eigenvalue weighted by atomic mass is 35.5. The first-order valence-electron chi connectivity index (χ1n) is 20.9. The van der Waals surface area contributed by atoms with E-state index in [0.29, 0.717) is 65.3 Å². The van der Waals surface area contributed by atoms with Gasteiger partial charge in [0.2, 0.25) is 11.8 Å². The number of aromatic nitrogens is 1. The van der Waals surface area contributed by atoms with Crippen molar-refractivity contribution in [2.24, 2.45) is 23.7 Å². The van der Waals surface area contributed by atoms with Crippen molar-refractivity contribution in [3.05, 3.63) is 147 Å². The largest absolute Gasteiger partial charge is 0.508 e. The summed E-state index contributed by atoms with van der Waals surface area (Å²) in [7, 11) is 0. The summed E-state index contributed by atoms with van der Waals surface area (Å²) in [6, 6.07) is 27.6. The number of carbonyl (C=O) groups is 4. The number of hydrogen-bond acceptors (Lipinski definition) is 8. The fraction of sp³-hybridized carbons (Fsp3) is 0.312. The molecule has 63 heavy (non-hydrogen) atoms. The van der Waals surface area contributed by atoms with Crippen molar-refractivity contribution in [2.45, 2.75) is 55.8 Å². The molecule has 10 nitrogen and oxygen atoms in total. The number of anilines is 1. The van der Waals surface area contributed by atoms with E-state index in [-0.39, 0.29) is 42.3 Å². The summed E-state index contributed by atoms with van der Waals surface area (Å²) in [5, 5.41) is 14.0. The van der Waals surface area contributed by atoms with Crippen LogP contribution in [-0.4, -0.2) is 67.7 Å². The van der Waals surface area contributed by atoms with Gasteiger partial charge in [0.25, 0.3) is 11.8 Å². The van der Waals surface area contributed by atoms with Crippen molar-refractivity contribution >= 4 is 63.4 Å². The maximum absolute atomic E-state index is 15.7. The van der Waals surface area contributed by atoms with Crippen LogP contribution in [0.1, 0.15) is 53.9 Å². The molecule has 0 radical (unpaired) electrons. The molecule has 1 aromatic heterocycles. The molecule has 0 spiro atoms. The molecule has 4 heterocycles. The number of allylic oxidation sites excluding steroid dienone is 2. The van der Waals surface area contributed by atoms with Crippen LogP contribution in [-0.2, 0) is 37.3 Å². The predicted octanol–water partition coefficient (Wildman–Crippen LogP) is 8.92. The average Bonchev–Trinajstić information content (AvgIpc) is 3.65. The van der Waals surface area contributed by atoms with Gasteiger partial charge in [-0.15, -0.1) is 0 Å². The number of phenolic OH excluding ortho intramolecular Hbond substituents is 1. The number of phenols is 1. The number of nitrogens with zero attached hydrogens (tertiary/aromatic N) is 4. The van der Waals surface area contributed by atoms with Crippen molar-refractivity contribution in [2.75, 3.05) is 18.5 Å². The Balaban J connectivity index is 1.09. The van der Waals surface area contributed by atoms with E-state index < -0.39 is 63.6 Å². The first kappa shape index (κ1) is 41.3. The Morgan fingerprint density at radius 3 is 2.27 bits per heavy atom. The van der Waals surface area contributed by atoms with Crippen LogP contribution >= 0.6 is 23.2 Å². The van der Waals surface area contributed by atoms with Gasteiger partial charge in [-0.25, -0.2) is 4.98 Å². The maximum atomic E-state index is 15.7. The van der Waals surface area contributed by atoms with E-state index in [1.807, 2.05) is 42.5 Å². The number of likely N-dealkylation sites (tertiary alicyclic amines) is 2. The summed E-state index contributed by atoms with van der Waals surface area (Å²) in [5.74, 6) is -7.12. The third kappa shape index (κ3) is 6.61. The number of piperidine rings is 1. The number of alkyl halides is 3. The quantitative estimate of drug-likeness (QED) is 0.123. The second kappa shape index (κ2) is 15.5. The van der Waals surface area contributed by atoms with Gasteiger partial charge in [-0.2, -0.15) is 18.2 Å². The van der Waals surface area contributed by atoms with E-state index in [0.717, 1.165) is 16.9 Å². The summed E-state index contributed by atoms with van der Waals surface area (Å²) in [4.78, 5) is 68.0. The van der Waals surface area contributed by atoms with Crippen molar-refractivity contribution in [3.8, 4) is 5.75 Å². The maximum Gasteiger partial charge on any atom is 0.417 e. The number of hydrogen-bond donors (Lipinski definition) is 2. The van der Waals surface area contributed by atoms with Crippen molar-refractivity contribution < 1.29 is 37.5 Å². The molecule has 3 saturated heterocycles. The number of amides is 4. The second-order valence-electron chi connectivity index (χ2n) is 17.2. The van der Waals surface area contributed by atoms with Gasteiger partial charge < -0.3 is 5.11 Å². The van der Waals surface area contributed by atoms with Crippen LogP contribution in [0.15, 0.2) is 115 Å². The lowest BCUT2D eigenvalue weighted by Gasteiger charge is -2.51. The minimum Gasteiger partial charge on any atom is -0.508 e. The molecule has 3 aliphatic heterocycles. The molecule has 4 fully saturated rings. The Morgan fingerprint density at radius 2 is 1.56 bits per heavy atom. The second-order valence-corrected chi connectivity index (χ2v) is 18.0. The predicted molar refractivity (Wildman–Crippen MR) is 229 cm³/mol. The van der Waals surface area contributed by atoms with E-state index in [1.165, 1.54) is 16.5 Å². The number of carbonyl (C=O) groups excluding carboxylic acids is 4. The third-order valence-corrected chi connectivity index (χ3v) is 14.5. The molecule has 322 valence electrons. The van der Waals surface area contributed by atoms with Crippen LogP contribution in [0.4, 0.5) is 19.0 Å². The molecule has 2 aliphatic carbocycles. The lowest BCUT2D eigenvalue weighted by atomic mass is 9.48. The molecule has 5 aliphatic rings. The highest BCUT2D eigenvalue weighted by Gasteiger charge is 2.71. The number of fused-ring (bicyclic) bond motifs is 5. The minimum absolute atomic E-state index is 0.0308. The van der Waals surface area contributed by atoms with E-state index in [9.17, 15) is 27.9 Å². The average molecular weight is 895 g/mol. The summed E-state index contributed by atoms with van der Waals surface area (Å²) < 4.78 is 40.9. The third-order valence-electron chi connectivity index (χ3n) is 14.0. The van der Waals surface area contributed by atoms with Crippen LogP contribution < -0.4 is 5.43 Å². The molecular weight excluding hydrogens is 854 g/mol. The zero-order valence-corrected chi connectivity index (χ0v) is 35.1. The molecule has 1 saturated carbocycles. The van der Waals surface area contributed by atoms with E-state index >= 15 is 9.59 Å². The highest BCUT2D eigenvalue weighted by Crippen LogP contribution is 2.65. The first-order valence-corrected chi connectivity index (χ1v) is 21.7. The number of imide groups is 2. The number of aromatic hydroxyl groups is 1. The molecular formula is C48H40Cl2F3N5O5. The van der Waals surface area contributed by atoms with Crippen LogP contribution in [0.3, 0.4) is 0 Å². The SMILES string of the molecule is O=C1[C@@H]2C[C@@H]3C(=CC[C@@H]4C(=O)N(C5CCN(Cc6ccccc6)CC5)C(=O)[C@@H]43)[C@H](c3c(O)ccc4ccccc34)[C@]2(c2ccc(Cl)cc2)C(=O)N1Nc1ncc(C(F)(F)F)cc1Cl. The molecule has 0 unspecified atom stereocenters. The number of benzene rings is 4.